The summed E-state index contributed by atoms with van der Waals surface area (Å²) in [4.78, 5) is 11.8. The van der Waals surface area contributed by atoms with Crippen LogP contribution in [-0.2, 0) is 0 Å². The van der Waals surface area contributed by atoms with Crippen LogP contribution in [0, 0.1) is 0 Å². The van der Waals surface area contributed by atoms with Crippen LogP contribution in [0.15, 0.2) is 61.2 Å². The van der Waals surface area contributed by atoms with Gasteiger partial charge in [-0.2, -0.15) is 0 Å². The van der Waals surface area contributed by atoms with Gasteiger partial charge in [-0.1, -0.05) is 43.0 Å². The van der Waals surface area contributed by atoms with E-state index in [1.807, 2.05) is 42.5 Å². The second-order valence-electron chi connectivity index (χ2n) is 3.65. The fraction of sp³-hybridized carbons (Fsp3) is 0. The van der Waals surface area contributed by atoms with Crippen LogP contribution < -0.4 is 5.32 Å². The van der Waals surface area contributed by atoms with Crippen molar-refractivity contribution in [2.75, 3.05) is 5.32 Å². The summed E-state index contributed by atoms with van der Waals surface area (Å²) in [5.74, 6) is -0.100. The van der Waals surface area contributed by atoms with E-state index in [-0.39, 0.29) is 5.91 Å². The Balaban J connectivity index is 2.10. The molecule has 0 unspecified atom stereocenters. The van der Waals surface area contributed by atoms with Crippen molar-refractivity contribution in [1.82, 2.24) is 0 Å². The molecule has 0 radical (unpaired) electrons. The number of amides is 1. The minimum absolute atomic E-state index is 0.100. The normalized spacial score (nSPS) is 9.65. The highest BCUT2D eigenvalue weighted by molar-refractivity contribution is 6.04. The molecule has 0 aromatic heterocycles. The van der Waals surface area contributed by atoms with Gasteiger partial charge in [-0.3, -0.25) is 4.79 Å². The number of rotatable bonds is 3. The van der Waals surface area contributed by atoms with Gasteiger partial charge >= 0.3 is 0 Å². The van der Waals surface area contributed by atoms with E-state index >= 15 is 0 Å². The zero-order valence-corrected chi connectivity index (χ0v) is 9.39. The van der Waals surface area contributed by atoms with Gasteiger partial charge in [-0.05, 0) is 29.8 Å². The summed E-state index contributed by atoms with van der Waals surface area (Å²) in [6.45, 7) is 3.68. The lowest BCUT2D eigenvalue weighted by molar-refractivity contribution is 0.102. The Morgan fingerprint density at radius 2 is 1.65 bits per heavy atom. The molecule has 2 aromatic carbocycles. The molecule has 0 spiro atoms. The molecule has 1 amide bonds. The molecule has 2 rings (SSSR count). The topological polar surface area (TPSA) is 29.1 Å². The standard InChI is InChI=1S/C15H13NO/c1-2-12-8-10-14(11-9-12)16-15(17)13-6-4-3-5-7-13/h2-11H,1H2,(H,16,17). The maximum Gasteiger partial charge on any atom is 0.255 e. The Morgan fingerprint density at radius 3 is 2.24 bits per heavy atom. The molecule has 2 nitrogen and oxygen atoms in total. The molecule has 0 fully saturated rings. The molecule has 0 saturated carbocycles. The number of anilines is 1. The maximum atomic E-state index is 11.8. The summed E-state index contributed by atoms with van der Waals surface area (Å²) in [5.41, 5.74) is 2.47. The average molecular weight is 223 g/mol. The Morgan fingerprint density at radius 1 is 1.00 bits per heavy atom. The second-order valence-corrected chi connectivity index (χ2v) is 3.65. The van der Waals surface area contributed by atoms with Gasteiger partial charge in [0.2, 0.25) is 0 Å². The highest BCUT2D eigenvalue weighted by atomic mass is 16.1. The van der Waals surface area contributed by atoms with E-state index in [1.165, 1.54) is 0 Å². The van der Waals surface area contributed by atoms with Gasteiger partial charge in [-0.25, -0.2) is 0 Å². The molecule has 0 heterocycles. The first kappa shape index (κ1) is 11.1. The average Bonchev–Trinajstić information content (AvgIpc) is 2.40. The lowest BCUT2D eigenvalue weighted by Gasteiger charge is -2.05. The van der Waals surface area contributed by atoms with Crippen LogP contribution in [0.3, 0.4) is 0 Å². The minimum Gasteiger partial charge on any atom is -0.322 e. The van der Waals surface area contributed by atoms with Crippen molar-refractivity contribution >= 4 is 17.7 Å². The van der Waals surface area contributed by atoms with Crippen LogP contribution >= 0.6 is 0 Å². The Bertz CT molecular complexity index is 514. The Labute approximate surface area is 101 Å². The van der Waals surface area contributed by atoms with Gasteiger partial charge in [0.25, 0.3) is 5.91 Å². The van der Waals surface area contributed by atoms with Crippen LogP contribution in [-0.4, -0.2) is 5.91 Å². The molecule has 0 aliphatic carbocycles. The first-order valence-electron chi connectivity index (χ1n) is 5.38. The predicted molar refractivity (Wildman–Crippen MR) is 70.9 cm³/mol. The summed E-state index contributed by atoms with van der Waals surface area (Å²) in [6.07, 6.45) is 1.77. The second kappa shape index (κ2) is 5.12. The minimum atomic E-state index is -0.100. The lowest BCUT2D eigenvalue weighted by atomic mass is 10.2. The van der Waals surface area contributed by atoms with Gasteiger partial charge in [0.05, 0.1) is 0 Å². The Kier molecular flexibility index (Phi) is 3.36. The van der Waals surface area contributed by atoms with Crippen LogP contribution in [0.5, 0.6) is 0 Å². The van der Waals surface area contributed by atoms with Gasteiger partial charge in [0, 0.05) is 11.3 Å². The zero-order chi connectivity index (χ0) is 12.1. The summed E-state index contributed by atoms with van der Waals surface area (Å²) in [5, 5.41) is 2.84. The van der Waals surface area contributed by atoms with Crippen molar-refractivity contribution < 1.29 is 4.79 Å². The maximum absolute atomic E-state index is 11.8. The molecular formula is C15H13NO. The molecule has 0 bridgehead atoms. The number of carbonyl (C=O) groups excluding carboxylic acids is 1. The molecule has 2 heteroatoms. The van der Waals surface area contributed by atoms with Crippen molar-refractivity contribution in [2.45, 2.75) is 0 Å². The molecule has 1 N–H and O–H groups in total. The fourth-order valence-corrected chi connectivity index (χ4v) is 1.50. The molecule has 17 heavy (non-hydrogen) atoms. The molecule has 0 saturated heterocycles. The monoisotopic (exact) mass is 223 g/mol. The number of hydrogen-bond donors (Lipinski definition) is 1. The number of carbonyl (C=O) groups is 1. The van der Waals surface area contributed by atoms with Crippen molar-refractivity contribution in [3.63, 3.8) is 0 Å². The summed E-state index contributed by atoms with van der Waals surface area (Å²) in [7, 11) is 0. The van der Waals surface area contributed by atoms with Gasteiger partial charge in [-0.15, -0.1) is 0 Å². The lowest BCUT2D eigenvalue weighted by Crippen LogP contribution is -2.11. The first-order chi connectivity index (χ1) is 8.29. The quantitative estimate of drug-likeness (QED) is 0.846. The molecule has 2 aromatic rings. The SMILES string of the molecule is C=Cc1ccc(NC(=O)c2ccccc2)cc1. The van der Waals surface area contributed by atoms with E-state index in [1.54, 1.807) is 18.2 Å². The van der Waals surface area contributed by atoms with Crippen molar-refractivity contribution in [3.8, 4) is 0 Å². The zero-order valence-electron chi connectivity index (χ0n) is 9.39. The summed E-state index contributed by atoms with van der Waals surface area (Å²) >= 11 is 0. The molecule has 0 aliphatic heterocycles. The van der Waals surface area contributed by atoms with Gasteiger partial charge in [0.15, 0.2) is 0 Å². The molecule has 0 atom stereocenters. The highest BCUT2D eigenvalue weighted by Gasteiger charge is 2.04. The van der Waals surface area contributed by atoms with Crippen molar-refractivity contribution in [2.24, 2.45) is 0 Å². The van der Waals surface area contributed by atoms with E-state index in [9.17, 15) is 4.79 Å². The Hall–Kier alpha value is -2.35. The van der Waals surface area contributed by atoms with Crippen LogP contribution in [0.2, 0.25) is 0 Å². The molecular weight excluding hydrogens is 210 g/mol. The van der Waals surface area contributed by atoms with Crippen LogP contribution in [0.4, 0.5) is 5.69 Å². The van der Waals surface area contributed by atoms with Gasteiger partial charge < -0.3 is 5.32 Å². The summed E-state index contributed by atoms with van der Waals surface area (Å²) < 4.78 is 0. The predicted octanol–water partition coefficient (Wildman–Crippen LogP) is 3.58. The number of benzene rings is 2. The van der Waals surface area contributed by atoms with Crippen molar-refractivity contribution in [3.05, 3.63) is 72.3 Å². The van der Waals surface area contributed by atoms with Crippen LogP contribution in [0.1, 0.15) is 15.9 Å². The third kappa shape index (κ3) is 2.82. The van der Waals surface area contributed by atoms with E-state index in [4.69, 9.17) is 0 Å². The van der Waals surface area contributed by atoms with Crippen molar-refractivity contribution in [1.29, 1.82) is 0 Å². The third-order valence-electron chi connectivity index (χ3n) is 2.44. The van der Waals surface area contributed by atoms with E-state index < -0.39 is 0 Å². The van der Waals surface area contributed by atoms with Crippen LogP contribution in [0.25, 0.3) is 6.08 Å². The van der Waals surface area contributed by atoms with E-state index in [2.05, 4.69) is 11.9 Å². The number of hydrogen-bond acceptors (Lipinski definition) is 1. The smallest absolute Gasteiger partial charge is 0.255 e. The molecule has 0 aliphatic rings. The van der Waals surface area contributed by atoms with Gasteiger partial charge in [0.1, 0.15) is 0 Å². The highest BCUT2D eigenvalue weighted by Crippen LogP contribution is 2.11. The van der Waals surface area contributed by atoms with E-state index in [0.717, 1.165) is 11.3 Å². The number of nitrogens with one attached hydrogen (secondary N) is 1. The largest absolute Gasteiger partial charge is 0.322 e. The fourth-order valence-electron chi connectivity index (χ4n) is 1.50. The first-order valence-corrected chi connectivity index (χ1v) is 5.38. The summed E-state index contributed by atoms with van der Waals surface area (Å²) in [6, 6.07) is 16.7. The third-order valence-corrected chi connectivity index (χ3v) is 2.44. The van der Waals surface area contributed by atoms with E-state index in [0.29, 0.717) is 5.56 Å². The molecule has 84 valence electrons.